The highest BCUT2D eigenvalue weighted by Gasteiger charge is 2.30. The van der Waals surface area contributed by atoms with E-state index >= 15 is 0 Å². The summed E-state index contributed by atoms with van der Waals surface area (Å²) in [5.41, 5.74) is 0.236. The lowest BCUT2D eigenvalue weighted by Gasteiger charge is -2.34. The van der Waals surface area contributed by atoms with E-state index in [1.165, 1.54) is 24.6 Å². The summed E-state index contributed by atoms with van der Waals surface area (Å²) in [7, 11) is 0. The first-order valence-corrected chi connectivity index (χ1v) is 7.80. The first-order chi connectivity index (χ1) is 9.63. The molecule has 0 saturated heterocycles. The molecule has 1 saturated carbocycles. The van der Waals surface area contributed by atoms with Gasteiger partial charge in [0.05, 0.1) is 0 Å². The van der Waals surface area contributed by atoms with Crippen molar-refractivity contribution in [2.75, 3.05) is 6.54 Å². The average Bonchev–Trinajstić information content (AvgIpc) is 2.42. The Labute approximate surface area is 120 Å². The van der Waals surface area contributed by atoms with Crippen molar-refractivity contribution in [2.24, 2.45) is 11.8 Å². The van der Waals surface area contributed by atoms with Crippen molar-refractivity contribution in [3.8, 4) is 0 Å². The molecule has 0 aromatic heterocycles. The number of benzene rings is 1. The monoisotopic (exact) mass is 281 g/mol. The number of nitrogens with one attached hydrogen (secondary N) is 1. The fourth-order valence-electron chi connectivity index (χ4n) is 3.40. The highest BCUT2D eigenvalue weighted by Crippen LogP contribution is 2.38. The SMILES string of the molecule is CCCNC(c1c(F)cccc1F)C1CCCC(C)C1. The van der Waals surface area contributed by atoms with Crippen LogP contribution in [0.15, 0.2) is 18.2 Å². The van der Waals surface area contributed by atoms with E-state index in [0.29, 0.717) is 11.8 Å². The molecule has 0 spiro atoms. The molecule has 0 aliphatic heterocycles. The normalized spacial score (nSPS) is 24.6. The van der Waals surface area contributed by atoms with Crippen molar-refractivity contribution in [3.63, 3.8) is 0 Å². The molecule has 1 nitrogen and oxygen atoms in total. The third-order valence-electron chi connectivity index (χ3n) is 4.37. The molecule has 3 atom stereocenters. The second-order valence-corrected chi connectivity index (χ2v) is 6.10. The Kier molecular flexibility index (Phi) is 5.53. The van der Waals surface area contributed by atoms with Crippen LogP contribution in [0.2, 0.25) is 0 Å². The summed E-state index contributed by atoms with van der Waals surface area (Å²) in [6.07, 6.45) is 5.46. The van der Waals surface area contributed by atoms with Gasteiger partial charge in [-0.15, -0.1) is 0 Å². The van der Waals surface area contributed by atoms with Gasteiger partial charge < -0.3 is 5.32 Å². The maximum atomic E-state index is 14.1. The summed E-state index contributed by atoms with van der Waals surface area (Å²) in [4.78, 5) is 0. The quantitative estimate of drug-likeness (QED) is 0.815. The van der Waals surface area contributed by atoms with Crippen molar-refractivity contribution in [1.82, 2.24) is 5.32 Å². The van der Waals surface area contributed by atoms with Crippen LogP contribution in [-0.4, -0.2) is 6.54 Å². The topological polar surface area (TPSA) is 12.0 Å². The van der Waals surface area contributed by atoms with Crippen molar-refractivity contribution >= 4 is 0 Å². The Bertz CT molecular complexity index is 413. The van der Waals surface area contributed by atoms with Crippen molar-refractivity contribution in [2.45, 2.75) is 52.0 Å². The van der Waals surface area contributed by atoms with Crippen molar-refractivity contribution in [3.05, 3.63) is 35.4 Å². The first-order valence-electron chi connectivity index (χ1n) is 7.80. The van der Waals surface area contributed by atoms with Crippen LogP contribution < -0.4 is 5.32 Å². The van der Waals surface area contributed by atoms with E-state index in [-0.39, 0.29) is 11.6 Å². The summed E-state index contributed by atoms with van der Waals surface area (Å²) in [5, 5.41) is 3.38. The third-order valence-corrected chi connectivity index (χ3v) is 4.37. The van der Waals surface area contributed by atoms with E-state index in [1.807, 2.05) is 0 Å². The fraction of sp³-hybridized carbons (Fsp3) is 0.647. The predicted octanol–water partition coefficient (Wildman–Crippen LogP) is 4.83. The van der Waals surface area contributed by atoms with Crippen LogP contribution in [0.4, 0.5) is 8.78 Å². The Hall–Kier alpha value is -0.960. The summed E-state index contributed by atoms with van der Waals surface area (Å²) in [6, 6.07) is 3.98. The van der Waals surface area contributed by atoms with Gasteiger partial charge in [0.1, 0.15) is 11.6 Å². The van der Waals surface area contributed by atoms with E-state index in [0.717, 1.165) is 32.2 Å². The molecule has 1 N–H and O–H groups in total. The molecule has 0 bridgehead atoms. The lowest BCUT2D eigenvalue weighted by molar-refractivity contribution is 0.217. The van der Waals surface area contributed by atoms with E-state index in [1.54, 1.807) is 0 Å². The van der Waals surface area contributed by atoms with E-state index in [2.05, 4.69) is 19.2 Å². The van der Waals surface area contributed by atoms with Gasteiger partial charge in [-0.3, -0.25) is 0 Å². The summed E-state index contributed by atoms with van der Waals surface area (Å²) in [6.45, 7) is 5.11. The minimum Gasteiger partial charge on any atom is -0.310 e. The molecular formula is C17H25F2N. The summed E-state index contributed by atoms with van der Waals surface area (Å²) < 4.78 is 28.2. The molecule has 1 aromatic carbocycles. The van der Waals surface area contributed by atoms with Crippen LogP contribution in [0.1, 0.15) is 57.6 Å². The largest absolute Gasteiger partial charge is 0.310 e. The van der Waals surface area contributed by atoms with E-state index < -0.39 is 11.6 Å². The third kappa shape index (κ3) is 3.57. The minimum atomic E-state index is -0.420. The zero-order valence-corrected chi connectivity index (χ0v) is 12.5. The van der Waals surface area contributed by atoms with Crippen LogP contribution >= 0.6 is 0 Å². The van der Waals surface area contributed by atoms with Crippen molar-refractivity contribution < 1.29 is 8.78 Å². The minimum absolute atomic E-state index is 0.195. The lowest BCUT2D eigenvalue weighted by Crippen LogP contribution is -2.33. The molecule has 1 aliphatic rings. The molecule has 3 heteroatoms. The molecular weight excluding hydrogens is 256 g/mol. The summed E-state index contributed by atoms with van der Waals surface area (Å²) >= 11 is 0. The molecule has 2 rings (SSSR count). The zero-order chi connectivity index (χ0) is 14.5. The van der Waals surface area contributed by atoms with Gasteiger partial charge in [0, 0.05) is 11.6 Å². The Morgan fingerprint density at radius 2 is 1.95 bits per heavy atom. The standard InChI is InChI=1S/C17H25F2N/c1-3-10-20-17(13-7-4-6-12(2)11-13)16-14(18)8-5-9-15(16)19/h5,8-9,12-13,17,20H,3-4,6-7,10-11H2,1-2H3. The van der Waals surface area contributed by atoms with Gasteiger partial charge in [-0.1, -0.05) is 32.8 Å². The lowest BCUT2D eigenvalue weighted by atomic mass is 9.76. The predicted molar refractivity (Wildman–Crippen MR) is 78.5 cm³/mol. The number of hydrogen-bond donors (Lipinski definition) is 1. The molecule has 112 valence electrons. The summed E-state index contributed by atoms with van der Waals surface area (Å²) in [5.74, 6) is 0.139. The molecule has 1 aliphatic carbocycles. The van der Waals surface area contributed by atoms with Crippen LogP contribution in [0.25, 0.3) is 0 Å². The van der Waals surface area contributed by atoms with Gasteiger partial charge >= 0.3 is 0 Å². The molecule has 0 heterocycles. The average molecular weight is 281 g/mol. The Balaban J connectivity index is 2.26. The molecule has 20 heavy (non-hydrogen) atoms. The van der Waals surface area contributed by atoms with Gasteiger partial charge in [0.25, 0.3) is 0 Å². The zero-order valence-electron chi connectivity index (χ0n) is 12.5. The Morgan fingerprint density at radius 1 is 1.25 bits per heavy atom. The van der Waals surface area contributed by atoms with E-state index in [4.69, 9.17) is 0 Å². The van der Waals surface area contributed by atoms with Gasteiger partial charge in [-0.2, -0.15) is 0 Å². The smallest absolute Gasteiger partial charge is 0.130 e. The van der Waals surface area contributed by atoms with Crippen LogP contribution in [-0.2, 0) is 0 Å². The van der Waals surface area contributed by atoms with Gasteiger partial charge in [0.15, 0.2) is 0 Å². The van der Waals surface area contributed by atoms with Crippen LogP contribution in [0.5, 0.6) is 0 Å². The molecule has 1 fully saturated rings. The first kappa shape index (κ1) is 15.4. The molecule has 3 unspecified atom stereocenters. The maximum absolute atomic E-state index is 14.1. The number of halogens is 2. The highest BCUT2D eigenvalue weighted by atomic mass is 19.1. The molecule has 0 amide bonds. The number of hydrogen-bond acceptors (Lipinski definition) is 1. The van der Waals surface area contributed by atoms with Gasteiger partial charge in [-0.25, -0.2) is 8.78 Å². The second-order valence-electron chi connectivity index (χ2n) is 6.10. The fourth-order valence-corrected chi connectivity index (χ4v) is 3.40. The van der Waals surface area contributed by atoms with Crippen LogP contribution in [0.3, 0.4) is 0 Å². The Morgan fingerprint density at radius 3 is 2.55 bits per heavy atom. The van der Waals surface area contributed by atoms with Gasteiger partial charge in [-0.05, 0) is 49.8 Å². The van der Waals surface area contributed by atoms with Gasteiger partial charge in [0.2, 0.25) is 0 Å². The highest BCUT2D eigenvalue weighted by molar-refractivity contribution is 5.24. The second kappa shape index (κ2) is 7.16. The molecule has 1 aromatic rings. The molecule has 0 radical (unpaired) electrons. The number of rotatable bonds is 5. The maximum Gasteiger partial charge on any atom is 0.130 e. The van der Waals surface area contributed by atoms with Crippen molar-refractivity contribution in [1.29, 1.82) is 0 Å². The van der Waals surface area contributed by atoms with Crippen LogP contribution in [0, 0.1) is 23.5 Å². The van der Waals surface area contributed by atoms with E-state index in [9.17, 15) is 8.78 Å².